The average molecular weight is 321 g/mol. The Balaban J connectivity index is 1.51. The highest BCUT2D eigenvalue weighted by atomic mass is 16.4. The van der Waals surface area contributed by atoms with Gasteiger partial charge in [-0.2, -0.15) is 0 Å². The van der Waals surface area contributed by atoms with Crippen LogP contribution in [-0.2, 0) is 16.6 Å². The fraction of sp³-hybridized carbons (Fsp3) is 0.300. The molecule has 0 atom stereocenters. The van der Waals surface area contributed by atoms with Crippen molar-refractivity contribution in [1.82, 2.24) is 0 Å². The molecule has 1 aliphatic carbocycles. The highest BCUT2D eigenvalue weighted by Crippen LogP contribution is 2.56. The largest absolute Gasteiger partial charge is 0.478 e. The summed E-state index contributed by atoms with van der Waals surface area (Å²) >= 11 is 0. The van der Waals surface area contributed by atoms with Gasteiger partial charge in [0.05, 0.1) is 5.56 Å². The summed E-state index contributed by atoms with van der Waals surface area (Å²) < 4.78 is 0. The molecule has 1 fully saturated rings. The Bertz CT molecular complexity index is 823. The van der Waals surface area contributed by atoms with Crippen molar-refractivity contribution < 1.29 is 14.7 Å². The van der Waals surface area contributed by atoms with Gasteiger partial charge in [0, 0.05) is 24.1 Å². The lowest BCUT2D eigenvalue weighted by Crippen LogP contribution is -2.31. The van der Waals surface area contributed by atoms with Gasteiger partial charge in [-0.1, -0.05) is 36.4 Å². The highest BCUT2D eigenvalue weighted by Gasteiger charge is 2.52. The molecule has 1 spiro atoms. The van der Waals surface area contributed by atoms with Crippen LogP contribution in [0.15, 0.2) is 48.5 Å². The Morgan fingerprint density at radius 2 is 1.75 bits per heavy atom. The van der Waals surface area contributed by atoms with Crippen molar-refractivity contribution in [3.63, 3.8) is 0 Å². The van der Waals surface area contributed by atoms with Gasteiger partial charge in [0.25, 0.3) is 0 Å². The van der Waals surface area contributed by atoms with E-state index in [9.17, 15) is 14.7 Å². The van der Waals surface area contributed by atoms with Gasteiger partial charge in [0.1, 0.15) is 0 Å². The second-order valence-corrected chi connectivity index (χ2v) is 6.74. The van der Waals surface area contributed by atoms with E-state index in [4.69, 9.17) is 0 Å². The van der Waals surface area contributed by atoms with Crippen LogP contribution < -0.4 is 4.90 Å². The number of hydrogen-bond acceptors (Lipinski definition) is 2. The molecule has 1 saturated carbocycles. The first-order valence-corrected chi connectivity index (χ1v) is 8.32. The lowest BCUT2D eigenvalue weighted by Gasteiger charge is -2.18. The Hall–Kier alpha value is -2.62. The van der Waals surface area contributed by atoms with Gasteiger partial charge in [0.15, 0.2) is 0 Å². The van der Waals surface area contributed by atoms with Crippen molar-refractivity contribution in [1.29, 1.82) is 0 Å². The summed E-state index contributed by atoms with van der Waals surface area (Å²) in [6, 6.07) is 15.1. The molecule has 1 amide bonds. The maximum absolute atomic E-state index is 12.8. The molecule has 1 aliphatic heterocycles. The number of para-hydroxylation sites is 1. The van der Waals surface area contributed by atoms with Crippen LogP contribution in [-0.4, -0.2) is 23.5 Å². The molecule has 1 heterocycles. The average Bonchev–Trinajstić information content (AvgIpc) is 3.30. The van der Waals surface area contributed by atoms with Crippen molar-refractivity contribution in [2.45, 2.75) is 31.1 Å². The Labute approximate surface area is 140 Å². The third-order valence-electron chi connectivity index (χ3n) is 5.24. The van der Waals surface area contributed by atoms with E-state index in [1.54, 1.807) is 18.2 Å². The summed E-state index contributed by atoms with van der Waals surface area (Å²) in [7, 11) is 0. The lowest BCUT2D eigenvalue weighted by atomic mass is 9.99. The van der Waals surface area contributed by atoms with E-state index in [-0.39, 0.29) is 16.9 Å². The highest BCUT2D eigenvalue weighted by molar-refractivity contribution is 5.97. The summed E-state index contributed by atoms with van der Waals surface area (Å²) in [6.45, 7) is 0.770. The van der Waals surface area contributed by atoms with Crippen molar-refractivity contribution in [2.24, 2.45) is 0 Å². The van der Waals surface area contributed by atoms with E-state index < -0.39 is 5.97 Å². The molecule has 0 unspecified atom stereocenters. The number of aryl methyl sites for hydroxylation is 1. The second kappa shape index (κ2) is 5.48. The van der Waals surface area contributed by atoms with E-state index >= 15 is 0 Å². The molecule has 0 bridgehead atoms. The smallest absolute Gasteiger partial charge is 0.335 e. The number of fused-ring (bicyclic) bond motifs is 2. The number of carbonyl (C=O) groups excluding carboxylic acids is 1. The SMILES string of the molecule is O=C(O)c1ccccc1CCC(=O)N1CC2(CC2)c2ccccc21. The van der Waals surface area contributed by atoms with Gasteiger partial charge in [-0.3, -0.25) is 4.79 Å². The maximum Gasteiger partial charge on any atom is 0.335 e. The van der Waals surface area contributed by atoms with E-state index in [0.717, 1.165) is 25.1 Å². The van der Waals surface area contributed by atoms with Gasteiger partial charge in [-0.25, -0.2) is 4.79 Å². The molecule has 1 N–H and O–H groups in total. The zero-order chi connectivity index (χ0) is 16.7. The molecule has 122 valence electrons. The molecule has 4 heteroatoms. The quantitative estimate of drug-likeness (QED) is 0.939. The minimum atomic E-state index is -0.943. The summed E-state index contributed by atoms with van der Waals surface area (Å²) in [5.41, 5.74) is 3.51. The van der Waals surface area contributed by atoms with E-state index in [2.05, 4.69) is 6.07 Å². The van der Waals surface area contributed by atoms with Gasteiger partial charge >= 0.3 is 5.97 Å². The summed E-state index contributed by atoms with van der Waals surface area (Å²) in [5, 5.41) is 9.25. The van der Waals surface area contributed by atoms with Gasteiger partial charge in [0.2, 0.25) is 5.91 Å². The number of anilines is 1. The number of aromatic carboxylic acids is 1. The van der Waals surface area contributed by atoms with Crippen LogP contribution in [0.5, 0.6) is 0 Å². The Morgan fingerprint density at radius 3 is 2.50 bits per heavy atom. The molecule has 4 rings (SSSR count). The monoisotopic (exact) mass is 321 g/mol. The molecular weight excluding hydrogens is 302 g/mol. The Morgan fingerprint density at radius 1 is 1.04 bits per heavy atom. The van der Waals surface area contributed by atoms with Crippen molar-refractivity contribution >= 4 is 17.6 Å². The van der Waals surface area contributed by atoms with Crippen LogP contribution in [0.1, 0.15) is 40.7 Å². The number of carbonyl (C=O) groups is 2. The zero-order valence-corrected chi connectivity index (χ0v) is 13.4. The molecule has 0 radical (unpaired) electrons. The van der Waals surface area contributed by atoms with Crippen LogP contribution in [0.4, 0.5) is 5.69 Å². The number of rotatable bonds is 4. The first-order chi connectivity index (χ1) is 11.6. The van der Waals surface area contributed by atoms with Crippen molar-refractivity contribution in [3.05, 3.63) is 65.2 Å². The lowest BCUT2D eigenvalue weighted by molar-refractivity contribution is -0.118. The fourth-order valence-electron chi connectivity index (χ4n) is 3.75. The third kappa shape index (κ3) is 2.39. The number of carboxylic acid groups (broad SMARTS) is 1. The predicted molar refractivity (Wildman–Crippen MR) is 91.4 cm³/mol. The minimum absolute atomic E-state index is 0.0754. The van der Waals surface area contributed by atoms with E-state index in [1.807, 2.05) is 29.2 Å². The first-order valence-electron chi connectivity index (χ1n) is 8.32. The summed E-state index contributed by atoms with van der Waals surface area (Å²) in [6.07, 6.45) is 3.08. The minimum Gasteiger partial charge on any atom is -0.478 e. The number of benzene rings is 2. The molecule has 0 aromatic heterocycles. The standard InChI is InChI=1S/C20H19NO3/c22-18(10-9-14-5-1-2-6-15(14)19(23)24)21-13-20(11-12-20)16-7-3-4-8-17(16)21/h1-8H,9-13H2,(H,23,24). The molecule has 2 aliphatic rings. The van der Waals surface area contributed by atoms with Crippen molar-refractivity contribution in [3.8, 4) is 0 Å². The normalized spacial score (nSPS) is 16.9. The molecule has 2 aromatic rings. The number of amides is 1. The zero-order valence-electron chi connectivity index (χ0n) is 13.4. The molecule has 4 nitrogen and oxygen atoms in total. The fourth-order valence-corrected chi connectivity index (χ4v) is 3.75. The van der Waals surface area contributed by atoms with Crippen LogP contribution >= 0.6 is 0 Å². The number of hydrogen-bond donors (Lipinski definition) is 1. The topological polar surface area (TPSA) is 57.6 Å². The van der Waals surface area contributed by atoms with E-state index in [0.29, 0.717) is 18.4 Å². The van der Waals surface area contributed by atoms with Gasteiger partial charge in [-0.05, 0) is 42.5 Å². The number of carboxylic acids is 1. The Kier molecular flexibility index (Phi) is 3.41. The second-order valence-electron chi connectivity index (χ2n) is 6.74. The first kappa shape index (κ1) is 14.9. The molecular formula is C20H19NO3. The summed E-state index contributed by atoms with van der Waals surface area (Å²) in [5.74, 6) is -0.868. The van der Waals surface area contributed by atoms with Crippen LogP contribution in [0.3, 0.4) is 0 Å². The van der Waals surface area contributed by atoms with Crippen LogP contribution in [0, 0.1) is 0 Å². The van der Waals surface area contributed by atoms with Gasteiger partial charge < -0.3 is 10.0 Å². The molecule has 24 heavy (non-hydrogen) atoms. The third-order valence-corrected chi connectivity index (χ3v) is 5.24. The molecule has 2 aromatic carbocycles. The molecule has 0 saturated heterocycles. The van der Waals surface area contributed by atoms with Gasteiger partial charge in [-0.15, -0.1) is 0 Å². The number of nitrogens with zero attached hydrogens (tertiary/aromatic N) is 1. The predicted octanol–water partition coefficient (Wildman–Crippen LogP) is 3.40. The van der Waals surface area contributed by atoms with E-state index in [1.165, 1.54) is 5.56 Å². The summed E-state index contributed by atoms with van der Waals surface area (Å²) in [4.78, 5) is 25.9. The van der Waals surface area contributed by atoms with Crippen molar-refractivity contribution in [2.75, 3.05) is 11.4 Å². The maximum atomic E-state index is 12.8. The van der Waals surface area contributed by atoms with Crippen LogP contribution in [0.2, 0.25) is 0 Å². The van der Waals surface area contributed by atoms with Crippen LogP contribution in [0.25, 0.3) is 0 Å².